The number of carbonyl (C=O) groups excluding carboxylic acids is 1. The minimum absolute atomic E-state index is 0.0193. The van der Waals surface area contributed by atoms with Crippen molar-refractivity contribution in [1.29, 1.82) is 0 Å². The largest absolute Gasteiger partial charge is 0.433 e. The summed E-state index contributed by atoms with van der Waals surface area (Å²) in [6, 6.07) is 2.75. The van der Waals surface area contributed by atoms with Crippen LogP contribution in [0.4, 0.5) is 5.88 Å². The number of hydrogen-bond acceptors (Lipinski definition) is 5. The third kappa shape index (κ3) is 2.44. The Labute approximate surface area is 97.5 Å². The maximum absolute atomic E-state index is 12.0. The highest BCUT2D eigenvalue weighted by molar-refractivity contribution is 5.91. The van der Waals surface area contributed by atoms with Crippen molar-refractivity contribution in [2.45, 2.75) is 13.0 Å². The van der Waals surface area contributed by atoms with Crippen LogP contribution in [-0.2, 0) is 0 Å². The van der Waals surface area contributed by atoms with Crippen LogP contribution in [0, 0.1) is 10.1 Å². The lowest BCUT2D eigenvalue weighted by Gasteiger charge is -2.31. The lowest BCUT2D eigenvalue weighted by molar-refractivity contribution is -0.402. The molecule has 0 aromatic carbocycles. The Kier molecular flexibility index (Phi) is 3.10. The van der Waals surface area contributed by atoms with Gasteiger partial charge in [-0.05, 0) is 13.0 Å². The van der Waals surface area contributed by atoms with Gasteiger partial charge in [-0.1, -0.05) is 0 Å². The van der Waals surface area contributed by atoms with Gasteiger partial charge in [-0.15, -0.1) is 0 Å². The summed E-state index contributed by atoms with van der Waals surface area (Å²) >= 11 is 0. The molecule has 1 atom stereocenters. The first-order chi connectivity index (χ1) is 8.08. The predicted molar refractivity (Wildman–Crippen MR) is 58.7 cm³/mol. The first-order valence-corrected chi connectivity index (χ1v) is 5.35. The van der Waals surface area contributed by atoms with Crippen molar-refractivity contribution in [1.82, 2.24) is 10.2 Å². The van der Waals surface area contributed by atoms with Gasteiger partial charge in [0.25, 0.3) is 5.91 Å². The number of hydrogen-bond donors (Lipinski definition) is 1. The second-order valence-electron chi connectivity index (χ2n) is 4.00. The van der Waals surface area contributed by atoms with E-state index in [4.69, 9.17) is 4.42 Å². The van der Waals surface area contributed by atoms with Gasteiger partial charge in [-0.2, -0.15) is 0 Å². The van der Waals surface area contributed by atoms with E-state index in [2.05, 4.69) is 5.32 Å². The molecule has 1 fully saturated rings. The molecule has 2 rings (SSSR count). The summed E-state index contributed by atoms with van der Waals surface area (Å²) in [5.41, 5.74) is 0. The van der Waals surface area contributed by atoms with Crippen LogP contribution in [0.5, 0.6) is 0 Å². The lowest BCUT2D eigenvalue weighted by Crippen LogP contribution is -2.51. The number of carbonyl (C=O) groups is 1. The Hall–Kier alpha value is -1.89. The van der Waals surface area contributed by atoms with Crippen molar-refractivity contribution in [2.75, 3.05) is 19.6 Å². The Morgan fingerprint density at radius 3 is 3.00 bits per heavy atom. The zero-order valence-corrected chi connectivity index (χ0v) is 9.38. The number of furan rings is 1. The van der Waals surface area contributed by atoms with Crippen molar-refractivity contribution >= 4 is 11.8 Å². The highest BCUT2D eigenvalue weighted by Gasteiger charge is 2.25. The molecular formula is C10H13N3O4. The summed E-state index contributed by atoms with van der Waals surface area (Å²) in [7, 11) is 0. The Balaban J connectivity index is 2.10. The highest BCUT2D eigenvalue weighted by atomic mass is 16.6. The second-order valence-corrected chi connectivity index (χ2v) is 4.00. The SMILES string of the molecule is C[C@H]1CN(C(=O)c2ccc([N+](=O)[O-])o2)CCN1. The average molecular weight is 239 g/mol. The lowest BCUT2D eigenvalue weighted by atomic mass is 10.2. The highest BCUT2D eigenvalue weighted by Crippen LogP contribution is 2.17. The zero-order valence-electron chi connectivity index (χ0n) is 9.38. The van der Waals surface area contributed by atoms with Crippen LogP contribution in [0.1, 0.15) is 17.5 Å². The van der Waals surface area contributed by atoms with E-state index >= 15 is 0 Å². The zero-order chi connectivity index (χ0) is 12.4. The molecule has 1 saturated heterocycles. The second kappa shape index (κ2) is 4.54. The van der Waals surface area contributed by atoms with Gasteiger partial charge in [0.1, 0.15) is 4.92 Å². The van der Waals surface area contributed by atoms with Gasteiger partial charge in [0.15, 0.2) is 5.76 Å². The fraction of sp³-hybridized carbons (Fsp3) is 0.500. The van der Waals surface area contributed by atoms with E-state index in [1.807, 2.05) is 6.92 Å². The fourth-order valence-corrected chi connectivity index (χ4v) is 1.81. The maximum Gasteiger partial charge on any atom is 0.433 e. The van der Waals surface area contributed by atoms with Gasteiger partial charge >= 0.3 is 5.88 Å². The molecule has 1 N–H and O–H groups in total. The molecular weight excluding hydrogens is 226 g/mol. The van der Waals surface area contributed by atoms with Crippen molar-refractivity contribution < 1.29 is 14.1 Å². The fourth-order valence-electron chi connectivity index (χ4n) is 1.81. The van der Waals surface area contributed by atoms with Crippen LogP contribution >= 0.6 is 0 Å². The van der Waals surface area contributed by atoms with Gasteiger partial charge in [0.05, 0.1) is 6.07 Å². The number of rotatable bonds is 2. The topological polar surface area (TPSA) is 88.6 Å². The molecule has 0 spiro atoms. The third-order valence-electron chi connectivity index (χ3n) is 2.64. The van der Waals surface area contributed by atoms with Crippen LogP contribution in [0.25, 0.3) is 0 Å². The van der Waals surface area contributed by atoms with Gasteiger partial charge in [-0.25, -0.2) is 0 Å². The number of nitrogens with one attached hydrogen (secondary N) is 1. The normalized spacial score (nSPS) is 20.3. The molecule has 0 radical (unpaired) electrons. The molecule has 1 aromatic heterocycles. The number of amides is 1. The van der Waals surface area contributed by atoms with Crippen LogP contribution < -0.4 is 5.32 Å². The Morgan fingerprint density at radius 1 is 1.65 bits per heavy atom. The standard InChI is InChI=1S/C10H13N3O4/c1-7-6-12(5-4-11-7)10(14)8-2-3-9(17-8)13(15)16/h2-3,7,11H,4-6H2,1H3/t7-/m0/s1. The first kappa shape index (κ1) is 11.6. The number of nitro groups is 1. The van der Waals surface area contributed by atoms with E-state index in [1.165, 1.54) is 12.1 Å². The summed E-state index contributed by atoms with van der Waals surface area (Å²) in [6.45, 7) is 3.85. The molecule has 1 aromatic rings. The molecule has 1 aliphatic rings. The van der Waals surface area contributed by atoms with Crippen LogP contribution in [-0.4, -0.2) is 41.4 Å². The summed E-state index contributed by atoms with van der Waals surface area (Å²) in [5, 5.41) is 13.7. The molecule has 7 heteroatoms. The van der Waals surface area contributed by atoms with E-state index in [0.29, 0.717) is 13.1 Å². The van der Waals surface area contributed by atoms with Gasteiger partial charge in [-0.3, -0.25) is 14.9 Å². The summed E-state index contributed by atoms with van der Waals surface area (Å²) in [5.74, 6) is -0.686. The summed E-state index contributed by atoms with van der Waals surface area (Å²) in [4.78, 5) is 23.4. The Morgan fingerprint density at radius 2 is 2.41 bits per heavy atom. The molecule has 0 unspecified atom stereocenters. The molecule has 1 amide bonds. The monoisotopic (exact) mass is 239 g/mol. The minimum atomic E-state index is -0.656. The van der Waals surface area contributed by atoms with E-state index in [9.17, 15) is 14.9 Å². The smallest absolute Gasteiger partial charge is 0.395 e. The molecule has 2 heterocycles. The number of piperazine rings is 1. The number of nitrogens with zero attached hydrogens (tertiary/aromatic N) is 2. The molecule has 0 aliphatic carbocycles. The van der Waals surface area contributed by atoms with E-state index < -0.39 is 10.8 Å². The Bertz CT molecular complexity index is 443. The molecule has 1 aliphatic heterocycles. The molecule has 17 heavy (non-hydrogen) atoms. The predicted octanol–water partition coefficient (Wildman–Crippen LogP) is 0.622. The van der Waals surface area contributed by atoms with Crippen LogP contribution in [0.2, 0.25) is 0 Å². The minimum Gasteiger partial charge on any atom is -0.395 e. The van der Waals surface area contributed by atoms with E-state index in [0.717, 1.165) is 6.54 Å². The van der Waals surface area contributed by atoms with Crippen LogP contribution in [0.3, 0.4) is 0 Å². The first-order valence-electron chi connectivity index (χ1n) is 5.35. The third-order valence-corrected chi connectivity index (χ3v) is 2.64. The van der Waals surface area contributed by atoms with Gasteiger partial charge in [0, 0.05) is 25.7 Å². The van der Waals surface area contributed by atoms with Crippen molar-refractivity contribution in [2.24, 2.45) is 0 Å². The summed E-state index contributed by atoms with van der Waals surface area (Å²) in [6.07, 6.45) is 0. The maximum atomic E-state index is 12.0. The quantitative estimate of drug-likeness (QED) is 0.603. The van der Waals surface area contributed by atoms with E-state index in [-0.39, 0.29) is 17.7 Å². The van der Waals surface area contributed by atoms with Crippen molar-refractivity contribution in [3.63, 3.8) is 0 Å². The van der Waals surface area contributed by atoms with Gasteiger partial charge in [0.2, 0.25) is 0 Å². The van der Waals surface area contributed by atoms with Crippen molar-refractivity contribution in [3.8, 4) is 0 Å². The van der Waals surface area contributed by atoms with Gasteiger partial charge < -0.3 is 14.6 Å². The molecule has 0 saturated carbocycles. The average Bonchev–Trinajstić information content (AvgIpc) is 2.77. The van der Waals surface area contributed by atoms with Crippen LogP contribution in [0.15, 0.2) is 16.5 Å². The molecule has 7 nitrogen and oxygen atoms in total. The summed E-state index contributed by atoms with van der Waals surface area (Å²) < 4.78 is 4.88. The molecule has 0 bridgehead atoms. The van der Waals surface area contributed by atoms with E-state index in [1.54, 1.807) is 4.90 Å². The molecule has 92 valence electrons. The van der Waals surface area contributed by atoms with Crippen molar-refractivity contribution in [3.05, 3.63) is 28.0 Å².